The summed E-state index contributed by atoms with van der Waals surface area (Å²) >= 11 is 7.05. The van der Waals surface area contributed by atoms with Gasteiger partial charge in [-0.25, -0.2) is 8.42 Å². The maximum Gasteiger partial charge on any atom is 0.316 e. The summed E-state index contributed by atoms with van der Waals surface area (Å²) in [7, 11) is -3.81. The van der Waals surface area contributed by atoms with Crippen molar-refractivity contribution in [2.75, 3.05) is 17.8 Å². The van der Waals surface area contributed by atoms with E-state index in [2.05, 4.69) is 14.9 Å². The van der Waals surface area contributed by atoms with Crippen molar-refractivity contribution >= 4 is 44.6 Å². The van der Waals surface area contributed by atoms with Gasteiger partial charge in [0.15, 0.2) is 0 Å². The zero-order chi connectivity index (χ0) is 20.6. The number of carbonyl (C=O) groups excluding carboxylic acids is 1. The summed E-state index contributed by atoms with van der Waals surface area (Å²) in [5.41, 5.74) is 0.402. The number of carbonyl (C=O) groups is 1. The van der Waals surface area contributed by atoms with Crippen LogP contribution in [0.25, 0.3) is 10.7 Å². The number of rotatable bonds is 5. The summed E-state index contributed by atoms with van der Waals surface area (Å²) in [6, 6.07) is 7.84. The lowest BCUT2D eigenvalue weighted by Gasteiger charge is -2.10. The zero-order valence-electron chi connectivity index (χ0n) is 15.4. The van der Waals surface area contributed by atoms with Crippen molar-refractivity contribution in [1.29, 1.82) is 0 Å². The maximum absolute atomic E-state index is 12.8. The summed E-state index contributed by atoms with van der Waals surface area (Å²) in [6.45, 7) is 3.04. The Morgan fingerprint density at radius 1 is 1.24 bits per heavy atom. The molecular weight excluding hydrogens is 436 g/mol. The third-order valence-corrected chi connectivity index (χ3v) is 7.42. The van der Waals surface area contributed by atoms with Gasteiger partial charge in [-0.2, -0.15) is 4.98 Å². The quantitative estimate of drug-likeness (QED) is 0.631. The van der Waals surface area contributed by atoms with E-state index in [-0.39, 0.29) is 22.5 Å². The van der Waals surface area contributed by atoms with Crippen molar-refractivity contribution in [3.05, 3.63) is 46.1 Å². The minimum atomic E-state index is -3.81. The molecule has 3 heterocycles. The molecule has 8 nitrogen and oxygen atoms in total. The molecular formula is C18H17ClN4O4S2. The Kier molecular flexibility index (Phi) is 5.32. The molecule has 0 atom stereocenters. The maximum atomic E-state index is 12.8. The fourth-order valence-corrected chi connectivity index (χ4v) is 5.74. The van der Waals surface area contributed by atoms with Gasteiger partial charge < -0.3 is 9.42 Å². The highest BCUT2D eigenvalue weighted by atomic mass is 35.5. The van der Waals surface area contributed by atoms with E-state index in [9.17, 15) is 13.2 Å². The van der Waals surface area contributed by atoms with Crippen LogP contribution >= 0.6 is 22.9 Å². The number of hydrogen-bond acceptors (Lipinski definition) is 7. The molecule has 0 radical (unpaired) electrons. The van der Waals surface area contributed by atoms with Crippen molar-refractivity contribution in [3.8, 4) is 10.7 Å². The van der Waals surface area contributed by atoms with Crippen molar-refractivity contribution in [2.45, 2.75) is 24.7 Å². The van der Waals surface area contributed by atoms with Crippen molar-refractivity contribution in [1.82, 2.24) is 15.0 Å². The number of aromatic nitrogens is 2. The summed E-state index contributed by atoms with van der Waals surface area (Å²) in [5, 5.41) is 4.37. The average molecular weight is 453 g/mol. The van der Waals surface area contributed by atoms with Crippen LogP contribution in [0.3, 0.4) is 0 Å². The first-order valence-electron chi connectivity index (χ1n) is 8.86. The number of thiophene rings is 1. The summed E-state index contributed by atoms with van der Waals surface area (Å²) in [5.74, 6) is -0.197. The van der Waals surface area contributed by atoms with Crippen molar-refractivity contribution in [3.63, 3.8) is 0 Å². The van der Waals surface area contributed by atoms with E-state index in [0.717, 1.165) is 12.8 Å². The largest absolute Gasteiger partial charge is 0.334 e. The molecule has 1 saturated heterocycles. The van der Waals surface area contributed by atoms with Crippen LogP contribution in [0.15, 0.2) is 39.8 Å². The fraction of sp³-hybridized carbons (Fsp3) is 0.278. The Bertz CT molecular complexity index is 1150. The molecule has 0 spiro atoms. The number of nitrogens with zero attached hydrogens (tertiary/aromatic N) is 3. The second-order valence-corrected chi connectivity index (χ2v) is 9.91. The van der Waals surface area contributed by atoms with Crippen molar-refractivity contribution < 1.29 is 17.7 Å². The highest BCUT2D eigenvalue weighted by Crippen LogP contribution is 2.33. The first kappa shape index (κ1) is 19.9. The predicted molar refractivity (Wildman–Crippen MR) is 110 cm³/mol. The molecule has 11 heteroatoms. The van der Waals surface area contributed by atoms with Crippen LogP contribution in [0.4, 0.5) is 5.69 Å². The van der Waals surface area contributed by atoms with Gasteiger partial charge in [0.05, 0.1) is 4.88 Å². The van der Waals surface area contributed by atoms with Crippen molar-refractivity contribution in [2.24, 2.45) is 0 Å². The first-order valence-corrected chi connectivity index (χ1v) is 11.5. The van der Waals surface area contributed by atoms with Gasteiger partial charge in [0.2, 0.25) is 5.82 Å². The predicted octanol–water partition coefficient (Wildman–Crippen LogP) is 3.80. The van der Waals surface area contributed by atoms with Gasteiger partial charge in [-0.15, -0.1) is 11.3 Å². The number of halogens is 1. The molecule has 1 aromatic carbocycles. The van der Waals surface area contributed by atoms with Gasteiger partial charge in [-0.05, 0) is 50.1 Å². The van der Waals surface area contributed by atoms with E-state index in [1.54, 1.807) is 36.1 Å². The highest BCUT2D eigenvalue weighted by Gasteiger charge is 2.27. The van der Waals surface area contributed by atoms with Gasteiger partial charge in [0.1, 0.15) is 4.90 Å². The molecule has 1 N–H and O–H groups in total. The molecule has 3 aromatic rings. The van der Waals surface area contributed by atoms with E-state index in [1.165, 1.54) is 17.4 Å². The fourth-order valence-electron chi connectivity index (χ4n) is 3.04. The van der Waals surface area contributed by atoms with E-state index in [0.29, 0.717) is 33.6 Å². The molecule has 0 unspecified atom stereocenters. The van der Waals surface area contributed by atoms with Gasteiger partial charge >= 0.3 is 11.8 Å². The molecule has 1 fully saturated rings. The molecule has 0 bridgehead atoms. The number of hydrogen-bond donors (Lipinski definition) is 1. The first-order chi connectivity index (χ1) is 13.8. The number of benzene rings is 1. The van der Waals surface area contributed by atoms with Crippen LogP contribution in [0.2, 0.25) is 5.02 Å². The molecule has 1 aliphatic rings. The van der Waals surface area contributed by atoms with E-state index in [4.69, 9.17) is 16.1 Å². The van der Waals surface area contributed by atoms with Gasteiger partial charge in [-0.3, -0.25) is 9.52 Å². The van der Waals surface area contributed by atoms with Gasteiger partial charge in [0.25, 0.3) is 10.0 Å². The summed E-state index contributed by atoms with van der Waals surface area (Å²) < 4.78 is 33.2. The number of likely N-dealkylation sites (tertiary alicyclic amines) is 1. The minimum Gasteiger partial charge on any atom is -0.334 e. The highest BCUT2D eigenvalue weighted by molar-refractivity contribution is 7.93. The van der Waals surface area contributed by atoms with Crippen LogP contribution in [-0.4, -0.2) is 42.5 Å². The monoisotopic (exact) mass is 452 g/mol. The number of anilines is 1. The van der Waals surface area contributed by atoms with Crippen LogP contribution in [0, 0.1) is 6.92 Å². The Labute approximate surface area is 176 Å². The second-order valence-electron chi connectivity index (χ2n) is 6.57. The van der Waals surface area contributed by atoms with Crippen LogP contribution in [0.1, 0.15) is 28.4 Å². The third kappa shape index (κ3) is 4.14. The van der Waals surface area contributed by atoms with Gasteiger partial charge in [0, 0.05) is 28.7 Å². The molecule has 0 saturated carbocycles. The van der Waals surface area contributed by atoms with Crippen LogP contribution in [-0.2, 0) is 10.0 Å². The summed E-state index contributed by atoms with van der Waals surface area (Å²) in [6.07, 6.45) is 1.91. The standard InChI is InChI=1S/C18H17ClN4O4S2/c1-11-15(29(25,26)22-13-6-4-12(19)5-7-13)10-14(28-11)16-20-17(27-21-16)18(24)23-8-2-3-9-23/h4-7,10,22H,2-3,8-9H2,1H3. The molecule has 2 aromatic heterocycles. The normalized spacial score (nSPS) is 14.3. The smallest absolute Gasteiger partial charge is 0.316 e. The Morgan fingerprint density at radius 2 is 1.93 bits per heavy atom. The number of sulfonamides is 1. The van der Waals surface area contributed by atoms with Gasteiger partial charge in [-0.1, -0.05) is 16.8 Å². The second kappa shape index (κ2) is 7.77. The van der Waals surface area contributed by atoms with E-state index < -0.39 is 10.0 Å². The lowest BCUT2D eigenvalue weighted by Crippen LogP contribution is -2.27. The Hall–Kier alpha value is -2.43. The van der Waals surface area contributed by atoms with E-state index in [1.807, 2.05) is 0 Å². The average Bonchev–Trinajstić information content (AvgIpc) is 3.43. The third-order valence-electron chi connectivity index (χ3n) is 4.48. The SMILES string of the molecule is Cc1sc(-c2noc(C(=O)N3CCCC3)n2)cc1S(=O)(=O)Nc1ccc(Cl)cc1. The number of aryl methyl sites for hydroxylation is 1. The topological polar surface area (TPSA) is 105 Å². The Morgan fingerprint density at radius 3 is 2.62 bits per heavy atom. The molecule has 152 valence electrons. The zero-order valence-corrected chi connectivity index (χ0v) is 17.8. The lowest BCUT2D eigenvalue weighted by molar-refractivity contribution is 0.0743. The van der Waals surface area contributed by atoms with Crippen LogP contribution < -0.4 is 4.72 Å². The molecule has 1 aliphatic heterocycles. The molecule has 0 aliphatic carbocycles. The lowest BCUT2D eigenvalue weighted by atomic mass is 10.3. The molecule has 4 rings (SSSR count). The van der Waals surface area contributed by atoms with E-state index >= 15 is 0 Å². The number of amides is 1. The molecule has 29 heavy (non-hydrogen) atoms. The van der Waals surface area contributed by atoms with Crippen LogP contribution in [0.5, 0.6) is 0 Å². The minimum absolute atomic E-state index is 0.0864. The Balaban J connectivity index is 1.57. The molecule has 1 amide bonds. The number of nitrogens with one attached hydrogen (secondary N) is 1. The summed E-state index contributed by atoms with van der Waals surface area (Å²) in [4.78, 5) is 19.4.